The third-order valence-corrected chi connectivity index (χ3v) is 8.83. The molecule has 0 saturated carbocycles. The van der Waals surface area contributed by atoms with Crippen LogP contribution in [0.25, 0.3) is 10.7 Å². The molecule has 10 nitrogen and oxygen atoms in total. The van der Waals surface area contributed by atoms with E-state index in [4.69, 9.17) is 14.0 Å². The normalized spacial score (nSPS) is 16.9. The van der Waals surface area contributed by atoms with Gasteiger partial charge in [0.25, 0.3) is 0 Å². The SMILES string of the molecule is COc1ccc(NC(=O)[C@@H]2CCCN(S(=O)(=O)c3cc(-c4noc(C)n4)sc3C)C2)c(OC)c1. The highest BCUT2D eigenvalue weighted by Crippen LogP contribution is 2.35. The fourth-order valence-corrected chi connectivity index (χ4v) is 6.89. The Balaban J connectivity index is 1.51. The number of hydrogen-bond donors (Lipinski definition) is 1. The number of anilines is 1. The average Bonchev–Trinajstić information content (AvgIpc) is 3.45. The molecule has 4 rings (SSSR count). The van der Waals surface area contributed by atoms with Crippen molar-refractivity contribution in [3.05, 3.63) is 35.0 Å². The van der Waals surface area contributed by atoms with Crippen LogP contribution in [0.3, 0.4) is 0 Å². The van der Waals surface area contributed by atoms with E-state index in [9.17, 15) is 13.2 Å². The highest BCUT2D eigenvalue weighted by atomic mass is 32.2. The Kier molecular flexibility index (Phi) is 6.91. The van der Waals surface area contributed by atoms with Gasteiger partial charge in [-0.2, -0.15) is 9.29 Å². The quantitative estimate of drug-likeness (QED) is 0.517. The maximum atomic E-state index is 13.5. The molecule has 12 heteroatoms. The molecular weight excluding hydrogens is 480 g/mol. The summed E-state index contributed by atoms with van der Waals surface area (Å²) in [4.78, 5) is 18.6. The summed E-state index contributed by atoms with van der Waals surface area (Å²) in [5.41, 5.74) is 0.502. The van der Waals surface area contributed by atoms with Crippen LogP contribution in [-0.2, 0) is 14.8 Å². The van der Waals surface area contributed by atoms with Crippen molar-refractivity contribution >= 4 is 33.0 Å². The summed E-state index contributed by atoms with van der Waals surface area (Å²) in [5, 5.41) is 6.75. The average molecular weight is 507 g/mol. The van der Waals surface area contributed by atoms with Gasteiger partial charge in [-0.25, -0.2) is 8.42 Å². The number of benzene rings is 1. The summed E-state index contributed by atoms with van der Waals surface area (Å²) >= 11 is 1.29. The number of amides is 1. The van der Waals surface area contributed by atoms with Gasteiger partial charge in [-0.15, -0.1) is 11.3 Å². The van der Waals surface area contributed by atoms with Crippen LogP contribution in [-0.4, -0.2) is 56.1 Å². The van der Waals surface area contributed by atoms with E-state index in [2.05, 4.69) is 15.5 Å². The summed E-state index contributed by atoms with van der Waals surface area (Å²) in [6.07, 6.45) is 1.17. The number of sulfonamides is 1. The van der Waals surface area contributed by atoms with Crippen LogP contribution in [0.2, 0.25) is 0 Å². The van der Waals surface area contributed by atoms with Crippen LogP contribution in [0, 0.1) is 19.8 Å². The minimum Gasteiger partial charge on any atom is -0.497 e. The molecule has 3 aromatic rings. The predicted molar refractivity (Wildman–Crippen MR) is 127 cm³/mol. The minimum absolute atomic E-state index is 0.0958. The first kappa shape index (κ1) is 24.2. The Morgan fingerprint density at radius 1 is 1.24 bits per heavy atom. The van der Waals surface area contributed by atoms with Crippen molar-refractivity contribution in [2.75, 3.05) is 32.6 Å². The number of thiophene rings is 1. The number of aromatic nitrogens is 2. The highest BCUT2D eigenvalue weighted by molar-refractivity contribution is 7.89. The first-order valence-electron chi connectivity index (χ1n) is 10.7. The van der Waals surface area contributed by atoms with Gasteiger partial charge in [0.1, 0.15) is 11.5 Å². The summed E-state index contributed by atoms with van der Waals surface area (Å²) in [5.74, 6) is 1.08. The van der Waals surface area contributed by atoms with Gasteiger partial charge in [-0.05, 0) is 38.0 Å². The zero-order valence-electron chi connectivity index (χ0n) is 19.3. The number of methoxy groups -OCH3 is 2. The maximum absolute atomic E-state index is 13.5. The van der Waals surface area contributed by atoms with E-state index in [0.717, 1.165) is 0 Å². The van der Waals surface area contributed by atoms with Crippen LogP contribution in [0.5, 0.6) is 11.5 Å². The fraction of sp³-hybridized carbons (Fsp3) is 0.409. The van der Waals surface area contributed by atoms with E-state index >= 15 is 0 Å². The van der Waals surface area contributed by atoms with Crippen molar-refractivity contribution in [1.29, 1.82) is 0 Å². The molecule has 1 aliphatic rings. The molecular formula is C22H26N4O6S2. The Labute approximate surface area is 201 Å². The molecule has 0 radical (unpaired) electrons. The number of carbonyl (C=O) groups is 1. The number of carbonyl (C=O) groups excluding carboxylic acids is 1. The van der Waals surface area contributed by atoms with E-state index < -0.39 is 15.9 Å². The van der Waals surface area contributed by atoms with Crippen LogP contribution in [0.15, 0.2) is 33.7 Å². The standard InChI is InChI=1S/C22H26N4O6S2/c1-13-20(11-19(33-13)21-23-14(2)32-25-21)34(28,29)26-9-5-6-15(12-26)22(27)24-17-8-7-16(30-3)10-18(17)31-4/h7-8,10-11,15H,5-6,9,12H2,1-4H3,(H,24,27)/t15-/m1/s1. The van der Waals surface area contributed by atoms with Crippen molar-refractivity contribution in [3.8, 4) is 22.2 Å². The third kappa shape index (κ3) is 4.79. The molecule has 182 valence electrons. The van der Waals surface area contributed by atoms with Gasteiger partial charge in [0, 0.05) is 31.0 Å². The second kappa shape index (κ2) is 9.72. The van der Waals surface area contributed by atoms with Crippen molar-refractivity contribution in [2.24, 2.45) is 5.92 Å². The van der Waals surface area contributed by atoms with Crippen molar-refractivity contribution < 1.29 is 27.2 Å². The smallest absolute Gasteiger partial charge is 0.244 e. The first-order valence-corrected chi connectivity index (χ1v) is 12.9. The maximum Gasteiger partial charge on any atom is 0.244 e. The lowest BCUT2D eigenvalue weighted by atomic mass is 9.98. The Morgan fingerprint density at radius 2 is 2.03 bits per heavy atom. The molecule has 1 N–H and O–H groups in total. The number of nitrogens with zero attached hydrogens (tertiary/aromatic N) is 3. The zero-order chi connectivity index (χ0) is 24.5. The van der Waals surface area contributed by atoms with Crippen LogP contribution in [0.4, 0.5) is 5.69 Å². The zero-order valence-corrected chi connectivity index (χ0v) is 21.0. The molecule has 0 unspecified atom stereocenters. The highest BCUT2D eigenvalue weighted by Gasteiger charge is 2.35. The van der Waals surface area contributed by atoms with Gasteiger partial charge in [0.05, 0.1) is 35.6 Å². The molecule has 1 aliphatic heterocycles. The monoisotopic (exact) mass is 506 g/mol. The molecule has 1 aromatic carbocycles. The summed E-state index contributed by atoms with van der Waals surface area (Å²) < 4.78 is 43.8. The van der Waals surface area contributed by atoms with Crippen LogP contribution >= 0.6 is 11.3 Å². The van der Waals surface area contributed by atoms with E-state index in [1.165, 1.54) is 22.8 Å². The number of rotatable bonds is 7. The van der Waals surface area contributed by atoms with Crippen molar-refractivity contribution in [3.63, 3.8) is 0 Å². The number of piperidine rings is 1. The van der Waals surface area contributed by atoms with Gasteiger partial charge in [-0.3, -0.25) is 4.79 Å². The van der Waals surface area contributed by atoms with Gasteiger partial charge >= 0.3 is 0 Å². The van der Waals surface area contributed by atoms with Crippen LogP contribution < -0.4 is 14.8 Å². The Bertz CT molecular complexity index is 1300. The Hall–Kier alpha value is -2.96. The molecule has 1 atom stereocenters. The molecule has 1 fully saturated rings. The van der Waals surface area contributed by atoms with Gasteiger partial charge in [-0.1, -0.05) is 5.16 Å². The second-order valence-electron chi connectivity index (χ2n) is 7.93. The molecule has 0 bridgehead atoms. The lowest BCUT2D eigenvalue weighted by Crippen LogP contribution is -2.43. The van der Waals surface area contributed by atoms with Crippen molar-refractivity contribution in [1.82, 2.24) is 14.4 Å². The van der Waals surface area contributed by atoms with E-state index in [0.29, 0.717) is 58.0 Å². The number of nitrogens with one attached hydrogen (secondary N) is 1. The second-order valence-corrected chi connectivity index (χ2v) is 11.1. The minimum atomic E-state index is -3.80. The topological polar surface area (TPSA) is 124 Å². The summed E-state index contributed by atoms with van der Waals surface area (Å²) in [7, 11) is -0.744. The molecule has 1 saturated heterocycles. The largest absolute Gasteiger partial charge is 0.497 e. The molecule has 3 heterocycles. The predicted octanol–water partition coefficient (Wildman–Crippen LogP) is 3.47. The lowest BCUT2D eigenvalue weighted by molar-refractivity contribution is -0.120. The van der Waals surface area contributed by atoms with Crippen molar-refractivity contribution in [2.45, 2.75) is 31.6 Å². The number of hydrogen-bond acceptors (Lipinski definition) is 9. The molecule has 1 amide bonds. The Morgan fingerprint density at radius 3 is 2.71 bits per heavy atom. The first-order chi connectivity index (χ1) is 16.2. The van der Waals surface area contributed by atoms with Crippen LogP contribution in [0.1, 0.15) is 23.6 Å². The molecule has 0 spiro atoms. The van der Waals surface area contributed by atoms with Gasteiger partial charge < -0.3 is 19.3 Å². The van der Waals surface area contributed by atoms with E-state index in [-0.39, 0.29) is 17.3 Å². The fourth-order valence-electron chi connectivity index (χ4n) is 3.88. The number of aryl methyl sites for hydroxylation is 2. The molecule has 34 heavy (non-hydrogen) atoms. The van der Waals surface area contributed by atoms with Gasteiger partial charge in [0.2, 0.25) is 27.6 Å². The number of ether oxygens (including phenoxy) is 2. The molecule has 2 aromatic heterocycles. The summed E-state index contributed by atoms with van der Waals surface area (Å²) in [6.45, 7) is 3.87. The third-order valence-electron chi connectivity index (χ3n) is 5.66. The van der Waals surface area contributed by atoms with E-state index in [1.807, 2.05) is 0 Å². The lowest BCUT2D eigenvalue weighted by Gasteiger charge is -2.31. The summed E-state index contributed by atoms with van der Waals surface area (Å²) in [6, 6.07) is 6.67. The molecule has 0 aliphatic carbocycles. The van der Waals surface area contributed by atoms with Gasteiger partial charge in [0.15, 0.2) is 0 Å². The van der Waals surface area contributed by atoms with E-state index in [1.54, 1.807) is 45.2 Å².